The SMILES string of the molecule is COc1ccc(SC=O)cc1OC. The van der Waals surface area contributed by atoms with E-state index in [0.717, 1.165) is 22.3 Å². The highest BCUT2D eigenvalue weighted by Gasteiger charge is 2.03. The molecule has 0 aliphatic heterocycles. The first kappa shape index (κ1) is 9.92. The summed E-state index contributed by atoms with van der Waals surface area (Å²) in [7, 11) is 3.14. The highest BCUT2D eigenvalue weighted by Crippen LogP contribution is 2.30. The molecule has 1 rings (SSSR count). The molecule has 0 saturated carbocycles. The Kier molecular flexibility index (Phi) is 3.64. The molecule has 0 bridgehead atoms. The summed E-state index contributed by atoms with van der Waals surface area (Å²) in [4.78, 5) is 11.1. The molecule has 0 aliphatic carbocycles. The van der Waals surface area contributed by atoms with Crippen LogP contribution in [0.2, 0.25) is 0 Å². The number of hydrogen-bond acceptors (Lipinski definition) is 4. The molecular weight excluding hydrogens is 188 g/mol. The summed E-state index contributed by atoms with van der Waals surface area (Å²) in [5.41, 5.74) is 0.779. The van der Waals surface area contributed by atoms with Crippen molar-refractivity contribution in [2.75, 3.05) is 14.2 Å². The zero-order valence-corrected chi connectivity index (χ0v) is 8.26. The van der Waals surface area contributed by atoms with Gasteiger partial charge in [0.05, 0.1) is 14.2 Å². The van der Waals surface area contributed by atoms with Crippen molar-refractivity contribution in [1.82, 2.24) is 0 Å². The number of carbonyl (C=O) groups excluding carboxylic acids is 1. The van der Waals surface area contributed by atoms with E-state index in [1.54, 1.807) is 32.4 Å². The van der Waals surface area contributed by atoms with Gasteiger partial charge in [0.2, 0.25) is 0 Å². The van der Waals surface area contributed by atoms with Gasteiger partial charge in [0.15, 0.2) is 17.1 Å². The van der Waals surface area contributed by atoms with Crippen LogP contribution in [0.3, 0.4) is 0 Å². The zero-order valence-electron chi connectivity index (χ0n) is 7.44. The molecular formula is C9H10O3S. The van der Waals surface area contributed by atoms with Crippen LogP contribution in [0, 0.1) is 0 Å². The molecule has 0 aromatic heterocycles. The van der Waals surface area contributed by atoms with Gasteiger partial charge >= 0.3 is 0 Å². The first-order valence-electron chi connectivity index (χ1n) is 3.64. The van der Waals surface area contributed by atoms with Gasteiger partial charge in [-0.15, -0.1) is 0 Å². The van der Waals surface area contributed by atoms with Gasteiger partial charge in [-0.1, -0.05) is 11.8 Å². The predicted molar refractivity (Wildman–Crippen MR) is 52.2 cm³/mol. The molecule has 0 heterocycles. The van der Waals surface area contributed by atoms with Gasteiger partial charge in [-0.2, -0.15) is 0 Å². The van der Waals surface area contributed by atoms with Crippen LogP contribution in [0.25, 0.3) is 0 Å². The van der Waals surface area contributed by atoms with E-state index < -0.39 is 0 Å². The molecule has 1 aromatic rings. The Labute approximate surface area is 81.0 Å². The molecule has 1 aromatic carbocycles. The van der Waals surface area contributed by atoms with Gasteiger partial charge < -0.3 is 9.47 Å². The van der Waals surface area contributed by atoms with E-state index in [1.807, 2.05) is 0 Å². The molecule has 0 radical (unpaired) electrons. The van der Waals surface area contributed by atoms with Gasteiger partial charge in [-0.25, -0.2) is 0 Å². The summed E-state index contributed by atoms with van der Waals surface area (Å²) in [6.07, 6.45) is 0. The highest BCUT2D eigenvalue weighted by molar-refractivity contribution is 8.11. The van der Waals surface area contributed by atoms with Gasteiger partial charge in [0, 0.05) is 4.90 Å². The number of carbonyl (C=O) groups is 1. The van der Waals surface area contributed by atoms with Crippen molar-refractivity contribution in [3.8, 4) is 11.5 Å². The summed E-state index contributed by atoms with van der Waals surface area (Å²) < 4.78 is 10.1. The van der Waals surface area contributed by atoms with Crippen LogP contribution in [0.15, 0.2) is 23.1 Å². The number of methoxy groups -OCH3 is 2. The van der Waals surface area contributed by atoms with Crippen LogP contribution < -0.4 is 9.47 Å². The second-order valence-electron chi connectivity index (χ2n) is 2.23. The molecule has 4 heteroatoms. The van der Waals surface area contributed by atoms with Gasteiger partial charge in [-0.05, 0) is 18.2 Å². The van der Waals surface area contributed by atoms with Gasteiger partial charge in [0.25, 0.3) is 0 Å². The third kappa shape index (κ3) is 2.39. The van der Waals surface area contributed by atoms with Crippen LogP contribution in [0.1, 0.15) is 0 Å². The van der Waals surface area contributed by atoms with E-state index in [0.29, 0.717) is 11.5 Å². The standard InChI is InChI=1S/C9H10O3S/c1-11-8-4-3-7(13-6-10)5-9(8)12-2/h3-6H,1-2H3. The highest BCUT2D eigenvalue weighted by atomic mass is 32.2. The van der Waals surface area contributed by atoms with Crippen LogP contribution in [-0.4, -0.2) is 19.8 Å². The molecule has 0 saturated heterocycles. The van der Waals surface area contributed by atoms with Crippen molar-refractivity contribution in [3.63, 3.8) is 0 Å². The minimum absolute atomic E-state index is 0.634. The van der Waals surface area contributed by atoms with Crippen molar-refractivity contribution in [1.29, 1.82) is 0 Å². The fourth-order valence-corrected chi connectivity index (χ4v) is 1.38. The Morgan fingerprint density at radius 1 is 1.23 bits per heavy atom. The number of rotatable bonds is 4. The number of benzene rings is 1. The molecule has 13 heavy (non-hydrogen) atoms. The third-order valence-corrected chi connectivity index (χ3v) is 2.16. The second kappa shape index (κ2) is 4.77. The first-order chi connectivity index (χ1) is 6.31. The van der Waals surface area contributed by atoms with E-state index in [1.165, 1.54) is 0 Å². The summed E-state index contributed by atoms with van der Waals surface area (Å²) in [6.45, 7) is 0. The second-order valence-corrected chi connectivity index (χ2v) is 3.13. The summed E-state index contributed by atoms with van der Waals surface area (Å²) in [5.74, 6) is 1.30. The number of hydrogen-bond donors (Lipinski definition) is 0. The molecule has 0 unspecified atom stereocenters. The maximum Gasteiger partial charge on any atom is 0.180 e. The van der Waals surface area contributed by atoms with E-state index in [9.17, 15) is 4.79 Å². The van der Waals surface area contributed by atoms with Crippen molar-refractivity contribution >= 4 is 17.4 Å². The van der Waals surface area contributed by atoms with E-state index >= 15 is 0 Å². The van der Waals surface area contributed by atoms with Crippen molar-refractivity contribution in [2.24, 2.45) is 0 Å². The van der Waals surface area contributed by atoms with Crippen LogP contribution in [0.5, 0.6) is 11.5 Å². The lowest BCUT2D eigenvalue weighted by atomic mass is 10.3. The average Bonchev–Trinajstić information content (AvgIpc) is 2.18. The Bertz CT molecular complexity index is 299. The Balaban J connectivity index is 2.98. The molecule has 0 aliphatic rings. The van der Waals surface area contributed by atoms with Crippen LogP contribution in [0.4, 0.5) is 0 Å². The Morgan fingerprint density at radius 3 is 2.46 bits per heavy atom. The Morgan fingerprint density at radius 2 is 1.92 bits per heavy atom. The maximum atomic E-state index is 10.2. The number of thioether (sulfide) groups is 1. The lowest BCUT2D eigenvalue weighted by Gasteiger charge is -2.07. The average molecular weight is 198 g/mol. The number of ether oxygens (including phenoxy) is 2. The van der Waals surface area contributed by atoms with Crippen molar-refractivity contribution in [2.45, 2.75) is 4.90 Å². The molecule has 70 valence electrons. The zero-order chi connectivity index (χ0) is 9.68. The van der Waals surface area contributed by atoms with Crippen LogP contribution >= 0.6 is 11.8 Å². The van der Waals surface area contributed by atoms with Gasteiger partial charge in [0.1, 0.15) is 0 Å². The fourth-order valence-electron chi connectivity index (χ4n) is 0.945. The fraction of sp³-hybridized carbons (Fsp3) is 0.222. The largest absolute Gasteiger partial charge is 0.493 e. The first-order valence-corrected chi connectivity index (χ1v) is 4.52. The van der Waals surface area contributed by atoms with E-state index in [2.05, 4.69) is 0 Å². The molecule has 0 amide bonds. The minimum Gasteiger partial charge on any atom is -0.493 e. The lowest BCUT2D eigenvalue weighted by molar-refractivity contribution is 0.354. The lowest BCUT2D eigenvalue weighted by Crippen LogP contribution is -1.90. The van der Waals surface area contributed by atoms with Crippen molar-refractivity contribution < 1.29 is 14.3 Å². The normalized spacial score (nSPS) is 9.38. The summed E-state index contributed by atoms with van der Waals surface area (Å²) in [5, 5.41) is 0. The maximum absolute atomic E-state index is 10.2. The monoisotopic (exact) mass is 198 g/mol. The minimum atomic E-state index is 0.634. The molecule has 0 atom stereocenters. The molecule has 3 nitrogen and oxygen atoms in total. The topological polar surface area (TPSA) is 35.5 Å². The quantitative estimate of drug-likeness (QED) is 0.547. The van der Waals surface area contributed by atoms with E-state index in [4.69, 9.17) is 9.47 Å². The molecule has 0 spiro atoms. The predicted octanol–water partition coefficient (Wildman–Crippen LogP) is 1.99. The van der Waals surface area contributed by atoms with Crippen LogP contribution in [-0.2, 0) is 4.79 Å². The van der Waals surface area contributed by atoms with Crippen molar-refractivity contribution in [3.05, 3.63) is 18.2 Å². The van der Waals surface area contributed by atoms with E-state index in [-0.39, 0.29) is 0 Å². The molecule has 0 fully saturated rings. The summed E-state index contributed by atoms with van der Waals surface area (Å²) >= 11 is 1.11. The third-order valence-electron chi connectivity index (χ3n) is 1.54. The smallest absolute Gasteiger partial charge is 0.180 e. The summed E-state index contributed by atoms with van der Waals surface area (Å²) in [6, 6.07) is 5.34. The van der Waals surface area contributed by atoms with Gasteiger partial charge in [-0.3, -0.25) is 4.79 Å². The molecule has 0 N–H and O–H groups in total. The Hall–Kier alpha value is -1.16.